The summed E-state index contributed by atoms with van der Waals surface area (Å²) in [5, 5.41) is 3.08. The van der Waals surface area contributed by atoms with Gasteiger partial charge >= 0.3 is 0 Å². The highest BCUT2D eigenvalue weighted by Gasteiger charge is 2.26. The maximum atomic E-state index is 13.1. The van der Waals surface area contributed by atoms with Crippen LogP contribution >= 0.6 is 11.6 Å². The minimum atomic E-state index is -3.78. The molecule has 33 heavy (non-hydrogen) atoms. The summed E-state index contributed by atoms with van der Waals surface area (Å²) >= 11 is 6.22. The third kappa shape index (κ3) is 6.15. The Morgan fingerprint density at radius 3 is 2.39 bits per heavy atom. The highest BCUT2D eigenvalue weighted by Crippen LogP contribution is 2.28. The molecule has 1 N–H and O–H groups in total. The predicted octanol–water partition coefficient (Wildman–Crippen LogP) is 5.39. The smallest absolute Gasteiger partial charge is 0.255 e. The van der Waals surface area contributed by atoms with E-state index >= 15 is 0 Å². The Kier molecular flexibility index (Phi) is 8.93. The molecular formula is C25H34ClN3O3S. The molecule has 1 fully saturated rings. The molecule has 1 amide bonds. The highest BCUT2D eigenvalue weighted by molar-refractivity contribution is 7.89. The van der Waals surface area contributed by atoms with Crippen LogP contribution in [-0.2, 0) is 16.6 Å². The van der Waals surface area contributed by atoms with Gasteiger partial charge in [-0.25, -0.2) is 8.42 Å². The normalized spacial score (nSPS) is 15.2. The van der Waals surface area contributed by atoms with E-state index in [0.29, 0.717) is 19.1 Å². The molecule has 3 rings (SSSR count). The number of carbonyl (C=O) groups is 1. The lowest BCUT2D eigenvalue weighted by Crippen LogP contribution is -2.33. The Morgan fingerprint density at radius 2 is 1.73 bits per heavy atom. The van der Waals surface area contributed by atoms with Gasteiger partial charge in [-0.15, -0.1) is 0 Å². The van der Waals surface area contributed by atoms with Crippen LogP contribution in [0.25, 0.3) is 0 Å². The molecule has 0 aromatic heterocycles. The number of rotatable bonds is 9. The molecule has 1 aliphatic carbocycles. The molecule has 6 nitrogen and oxygen atoms in total. The Bertz CT molecular complexity index is 1060. The predicted molar refractivity (Wildman–Crippen MR) is 134 cm³/mol. The minimum Gasteiger partial charge on any atom is -0.322 e. The van der Waals surface area contributed by atoms with Crippen LogP contribution in [0, 0.1) is 0 Å². The first-order chi connectivity index (χ1) is 15.8. The molecule has 1 aliphatic rings. The van der Waals surface area contributed by atoms with Crippen molar-refractivity contribution in [3.63, 3.8) is 0 Å². The Labute approximate surface area is 203 Å². The van der Waals surface area contributed by atoms with Crippen molar-refractivity contribution in [1.82, 2.24) is 9.21 Å². The summed E-state index contributed by atoms with van der Waals surface area (Å²) in [5.41, 5.74) is 2.01. The molecule has 0 atom stereocenters. The van der Waals surface area contributed by atoms with E-state index in [1.165, 1.54) is 48.5 Å². The molecule has 180 valence electrons. The third-order valence-corrected chi connectivity index (χ3v) is 8.93. The van der Waals surface area contributed by atoms with Gasteiger partial charge in [-0.1, -0.05) is 62.9 Å². The van der Waals surface area contributed by atoms with E-state index in [2.05, 4.69) is 17.3 Å². The maximum absolute atomic E-state index is 13.1. The monoisotopic (exact) mass is 491 g/mol. The van der Waals surface area contributed by atoms with Crippen molar-refractivity contribution >= 4 is 33.2 Å². The van der Waals surface area contributed by atoms with Crippen molar-refractivity contribution in [2.24, 2.45) is 0 Å². The van der Waals surface area contributed by atoms with Gasteiger partial charge in [0.1, 0.15) is 4.90 Å². The van der Waals surface area contributed by atoms with Crippen LogP contribution in [0.15, 0.2) is 47.4 Å². The van der Waals surface area contributed by atoms with Gasteiger partial charge in [-0.2, -0.15) is 4.31 Å². The fourth-order valence-corrected chi connectivity index (χ4v) is 6.40. The third-order valence-electron chi connectivity index (χ3n) is 6.40. The molecule has 2 aromatic carbocycles. The van der Waals surface area contributed by atoms with Crippen LogP contribution in [0.2, 0.25) is 5.02 Å². The number of nitrogens with zero attached hydrogens (tertiary/aromatic N) is 2. The number of hydrogen-bond acceptors (Lipinski definition) is 4. The first-order valence-electron chi connectivity index (χ1n) is 11.7. The van der Waals surface area contributed by atoms with Gasteiger partial charge in [0.25, 0.3) is 5.91 Å². The van der Waals surface area contributed by atoms with Crippen LogP contribution in [-0.4, -0.2) is 49.7 Å². The number of sulfonamides is 1. The van der Waals surface area contributed by atoms with Crippen molar-refractivity contribution < 1.29 is 13.2 Å². The van der Waals surface area contributed by atoms with E-state index in [-0.39, 0.29) is 21.4 Å². The van der Waals surface area contributed by atoms with Gasteiger partial charge < -0.3 is 5.32 Å². The second-order valence-corrected chi connectivity index (χ2v) is 10.9. The average Bonchev–Trinajstić information content (AvgIpc) is 2.81. The van der Waals surface area contributed by atoms with Gasteiger partial charge in [0.2, 0.25) is 10.0 Å². The maximum Gasteiger partial charge on any atom is 0.255 e. The van der Waals surface area contributed by atoms with Crippen molar-refractivity contribution in [1.29, 1.82) is 0 Å². The number of amides is 1. The zero-order valence-corrected chi connectivity index (χ0v) is 21.3. The topological polar surface area (TPSA) is 69.7 Å². The Hall–Kier alpha value is -1.93. The number of hydrogen-bond donors (Lipinski definition) is 1. The SMILES string of the molecule is CCN(CC)S(=O)(=O)c1cc(C(=O)Nc2ccccc2CN(C)C2CCCCC2)ccc1Cl. The Balaban J connectivity index is 1.81. The summed E-state index contributed by atoms with van der Waals surface area (Å²) in [5.74, 6) is -0.365. The van der Waals surface area contributed by atoms with E-state index in [4.69, 9.17) is 11.6 Å². The van der Waals surface area contributed by atoms with E-state index < -0.39 is 10.0 Å². The molecule has 0 saturated heterocycles. The molecule has 0 spiro atoms. The number of anilines is 1. The summed E-state index contributed by atoms with van der Waals surface area (Å²) in [7, 11) is -1.65. The molecule has 0 bridgehead atoms. The van der Waals surface area contributed by atoms with Gasteiger partial charge in [-0.3, -0.25) is 9.69 Å². The lowest BCUT2D eigenvalue weighted by Gasteiger charge is -2.31. The number of halogens is 1. The van der Waals surface area contributed by atoms with Crippen LogP contribution in [0.5, 0.6) is 0 Å². The number of benzene rings is 2. The van der Waals surface area contributed by atoms with Crippen molar-refractivity contribution in [2.75, 3.05) is 25.5 Å². The van der Waals surface area contributed by atoms with Gasteiger partial charge in [0, 0.05) is 36.9 Å². The first kappa shape index (κ1) is 25.7. The van der Waals surface area contributed by atoms with Gasteiger partial charge in [0.05, 0.1) is 5.02 Å². The number of nitrogens with one attached hydrogen (secondary N) is 1. The fraction of sp³-hybridized carbons (Fsp3) is 0.480. The van der Waals surface area contributed by atoms with Crippen molar-refractivity contribution in [2.45, 2.75) is 63.4 Å². The second kappa shape index (κ2) is 11.5. The summed E-state index contributed by atoms with van der Waals surface area (Å²) in [6, 6.07) is 12.7. The van der Waals surface area contributed by atoms with Crippen LogP contribution in [0.4, 0.5) is 5.69 Å². The first-order valence-corrected chi connectivity index (χ1v) is 13.5. The van der Waals surface area contributed by atoms with Crippen LogP contribution in [0.1, 0.15) is 61.9 Å². The summed E-state index contributed by atoms with van der Waals surface area (Å²) in [6.07, 6.45) is 6.26. The fourth-order valence-electron chi connectivity index (χ4n) is 4.44. The standard InChI is InChI=1S/C25H34ClN3O3S/c1-4-29(5-2)33(31,32)24-17-19(15-16-22(24)26)25(30)27-23-14-10-9-11-20(23)18-28(3)21-12-7-6-8-13-21/h9-11,14-17,21H,4-8,12-13,18H2,1-3H3,(H,27,30). The molecular weight excluding hydrogens is 458 g/mol. The quantitative estimate of drug-likeness (QED) is 0.510. The van der Waals surface area contributed by atoms with E-state index in [1.54, 1.807) is 19.9 Å². The van der Waals surface area contributed by atoms with E-state index in [1.807, 2.05) is 24.3 Å². The zero-order valence-electron chi connectivity index (χ0n) is 19.7. The molecule has 8 heteroatoms. The average molecular weight is 492 g/mol. The summed E-state index contributed by atoms with van der Waals surface area (Å²) in [6.45, 7) is 4.93. The van der Waals surface area contributed by atoms with Gasteiger partial charge in [-0.05, 0) is 49.7 Å². The summed E-state index contributed by atoms with van der Waals surface area (Å²) < 4.78 is 27.3. The highest BCUT2D eigenvalue weighted by atomic mass is 35.5. The van der Waals surface area contributed by atoms with Crippen molar-refractivity contribution in [3.05, 3.63) is 58.6 Å². The zero-order chi connectivity index (χ0) is 24.0. The van der Waals surface area contributed by atoms with E-state index in [9.17, 15) is 13.2 Å². The molecule has 0 unspecified atom stereocenters. The lowest BCUT2D eigenvalue weighted by atomic mass is 9.94. The van der Waals surface area contributed by atoms with Gasteiger partial charge in [0.15, 0.2) is 0 Å². The van der Waals surface area contributed by atoms with E-state index in [0.717, 1.165) is 17.8 Å². The Morgan fingerprint density at radius 1 is 1.06 bits per heavy atom. The van der Waals surface area contributed by atoms with Crippen molar-refractivity contribution in [3.8, 4) is 0 Å². The largest absolute Gasteiger partial charge is 0.322 e. The molecule has 2 aromatic rings. The number of carbonyl (C=O) groups excluding carboxylic acids is 1. The second-order valence-electron chi connectivity index (χ2n) is 8.55. The molecule has 0 aliphatic heterocycles. The lowest BCUT2D eigenvalue weighted by molar-refractivity contribution is 0.102. The molecule has 1 saturated carbocycles. The molecule has 0 radical (unpaired) electrons. The van der Waals surface area contributed by atoms with Crippen LogP contribution in [0.3, 0.4) is 0 Å². The molecule has 0 heterocycles. The van der Waals surface area contributed by atoms with Crippen LogP contribution < -0.4 is 5.32 Å². The summed E-state index contributed by atoms with van der Waals surface area (Å²) in [4.78, 5) is 15.4. The number of para-hydroxylation sites is 1. The minimum absolute atomic E-state index is 0.0502.